The fourth-order valence-electron chi connectivity index (χ4n) is 5.53. The molecule has 1 N–H and O–H groups in total. The van der Waals surface area contributed by atoms with E-state index in [1.807, 2.05) is 32.9 Å². The van der Waals surface area contributed by atoms with Crippen LogP contribution in [0.4, 0.5) is 0 Å². The molecule has 0 fully saturated rings. The van der Waals surface area contributed by atoms with Crippen molar-refractivity contribution in [3.05, 3.63) is 93.5 Å². The van der Waals surface area contributed by atoms with Crippen molar-refractivity contribution in [2.24, 2.45) is 0 Å². The molecule has 36 heavy (non-hydrogen) atoms. The van der Waals surface area contributed by atoms with E-state index in [-0.39, 0.29) is 0 Å². The summed E-state index contributed by atoms with van der Waals surface area (Å²) in [7, 11) is -1.41. The molecule has 0 saturated carbocycles. The van der Waals surface area contributed by atoms with Crippen molar-refractivity contribution < 1.29 is 14.3 Å². The van der Waals surface area contributed by atoms with Gasteiger partial charge in [0.2, 0.25) is 0 Å². The molecule has 0 spiro atoms. The van der Waals surface area contributed by atoms with Crippen LogP contribution in [0.25, 0.3) is 21.9 Å². The smallest absolute Gasteiger partial charge is 0.501 e. The summed E-state index contributed by atoms with van der Waals surface area (Å²) < 4.78 is 12.0. The maximum absolute atomic E-state index is 10.8. The minimum atomic E-state index is -1.41. The topological polar surface area (TPSA) is 38.7 Å². The van der Waals surface area contributed by atoms with Crippen molar-refractivity contribution >= 4 is 18.1 Å². The molecule has 0 saturated heterocycles. The van der Waals surface area contributed by atoms with Crippen molar-refractivity contribution in [2.45, 2.75) is 67.7 Å². The van der Waals surface area contributed by atoms with E-state index in [0.29, 0.717) is 11.5 Å². The number of aryl methyl sites for hydroxylation is 6. The average molecular weight is 480 g/mol. The Kier molecular flexibility index (Phi) is 7.75. The molecule has 0 aliphatic carbocycles. The fraction of sp³-hybridized carbons (Fsp3) is 0.312. The molecule has 4 aromatic carbocycles. The normalized spacial score (nSPS) is 11.1. The second kappa shape index (κ2) is 10.8. The average Bonchev–Trinajstić information content (AvgIpc) is 2.83. The number of rotatable bonds is 8. The monoisotopic (exact) mass is 480 g/mol. The maximum Gasteiger partial charge on any atom is 0.785 e. The van der Waals surface area contributed by atoms with E-state index in [2.05, 4.69) is 70.2 Å². The lowest BCUT2D eigenvalue weighted by atomic mass is 9.86. The minimum absolute atomic E-state index is 0.659. The molecule has 0 atom stereocenters. The van der Waals surface area contributed by atoms with Gasteiger partial charge in [-0.15, -0.1) is 0 Å². The van der Waals surface area contributed by atoms with E-state index in [1.165, 1.54) is 33.0 Å². The minimum Gasteiger partial charge on any atom is -0.501 e. The van der Waals surface area contributed by atoms with Gasteiger partial charge in [0.15, 0.2) is 0 Å². The Morgan fingerprint density at radius 3 is 2.08 bits per heavy atom. The molecule has 4 aromatic rings. The van der Waals surface area contributed by atoms with Crippen molar-refractivity contribution in [3.8, 4) is 22.6 Å². The summed E-state index contributed by atoms with van der Waals surface area (Å²) in [5, 5.41) is 13.4. The standard InChI is InChI=1S/C32H37BO3/c1-8-9-13-28-27-14-11-10-12-26(27)15-16-29(28)30-21(3)19-24(6)32(25(30)7)36-33(34)35-31-22(4)17-20(2)18-23(31)5/h10-12,14-19,34H,8-9,13H2,1-7H3. The molecule has 0 amide bonds. The van der Waals surface area contributed by atoms with E-state index >= 15 is 0 Å². The summed E-state index contributed by atoms with van der Waals surface area (Å²) >= 11 is 0. The van der Waals surface area contributed by atoms with E-state index in [9.17, 15) is 5.02 Å². The highest BCUT2D eigenvalue weighted by atomic mass is 16.7. The largest absolute Gasteiger partial charge is 0.785 e. The molecule has 186 valence electrons. The third kappa shape index (κ3) is 5.15. The van der Waals surface area contributed by atoms with Gasteiger partial charge in [0, 0.05) is 0 Å². The van der Waals surface area contributed by atoms with E-state index < -0.39 is 7.32 Å². The lowest BCUT2D eigenvalue weighted by Gasteiger charge is -2.22. The van der Waals surface area contributed by atoms with Crippen molar-refractivity contribution in [3.63, 3.8) is 0 Å². The lowest BCUT2D eigenvalue weighted by molar-refractivity contribution is 0.294. The molecule has 4 heteroatoms. The van der Waals surface area contributed by atoms with Gasteiger partial charge in [0.25, 0.3) is 0 Å². The highest BCUT2D eigenvalue weighted by molar-refractivity contribution is 6.37. The Bertz CT molecular complexity index is 1380. The number of unbranched alkanes of at least 4 members (excludes halogenated alkanes) is 1. The molecular formula is C32H37BO3. The van der Waals surface area contributed by atoms with E-state index in [0.717, 1.165) is 47.1 Å². The van der Waals surface area contributed by atoms with Gasteiger partial charge >= 0.3 is 7.32 Å². The SMILES string of the molecule is CCCCc1c(-c2c(C)cc(C)c(OB(O)Oc3c(C)cc(C)cc3C)c2C)ccc2ccccc12. The van der Waals surface area contributed by atoms with Gasteiger partial charge in [0.1, 0.15) is 11.5 Å². The van der Waals surface area contributed by atoms with Crippen LogP contribution in [0.1, 0.15) is 58.7 Å². The van der Waals surface area contributed by atoms with Gasteiger partial charge < -0.3 is 14.3 Å². The highest BCUT2D eigenvalue weighted by Gasteiger charge is 2.27. The third-order valence-electron chi connectivity index (χ3n) is 7.03. The van der Waals surface area contributed by atoms with Crippen LogP contribution in [0.15, 0.2) is 54.6 Å². The molecule has 0 aliphatic rings. The van der Waals surface area contributed by atoms with Crippen molar-refractivity contribution in [1.29, 1.82) is 0 Å². The zero-order valence-electron chi connectivity index (χ0n) is 22.7. The Morgan fingerprint density at radius 1 is 0.750 bits per heavy atom. The van der Waals surface area contributed by atoms with Crippen LogP contribution in [0.2, 0.25) is 0 Å². The fourth-order valence-corrected chi connectivity index (χ4v) is 5.53. The third-order valence-corrected chi connectivity index (χ3v) is 7.03. The quantitative estimate of drug-likeness (QED) is 0.259. The van der Waals surface area contributed by atoms with Gasteiger partial charge in [-0.1, -0.05) is 73.5 Å². The van der Waals surface area contributed by atoms with Crippen LogP contribution >= 0.6 is 0 Å². The van der Waals surface area contributed by atoms with Crippen LogP contribution in [-0.4, -0.2) is 12.3 Å². The number of benzene rings is 4. The molecule has 0 unspecified atom stereocenters. The number of hydrogen-bond acceptors (Lipinski definition) is 3. The Balaban J connectivity index is 1.76. The first-order chi connectivity index (χ1) is 17.2. The molecule has 4 rings (SSSR count). The summed E-state index contributed by atoms with van der Waals surface area (Å²) in [5.41, 5.74) is 10.1. The second-order valence-electron chi connectivity index (χ2n) is 10.0. The summed E-state index contributed by atoms with van der Waals surface area (Å²) in [6, 6.07) is 19.3. The highest BCUT2D eigenvalue weighted by Crippen LogP contribution is 2.40. The van der Waals surface area contributed by atoms with Crippen molar-refractivity contribution in [1.82, 2.24) is 0 Å². The van der Waals surface area contributed by atoms with Crippen molar-refractivity contribution in [2.75, 3.05) is 0 Å². The Labute approximate surface area is 216 Å². The summed E-state index contributed by atoms with van der Waals surface area (Å²) in [6.07, 6.45) is 3.30. The molecule has 0 radical (unpaired) electrons. The Hall–Kier alpha value is -3.24. The first-order valence-corrected chi connectivity index (χ1v) is 12.9. The van der Waals surface area contributed by atoms with E-state index in [4.69, 9.17) is 9.31 Å². The number of fused-ring (bicyclic) bond motifs is 1. The molecule has 3 nitrogen and oxygen atoms in total. The predicted molar refractivity (Wildman–Crippen MR) is 152 cm³/mol. The maximum atomic E-state index is 10.8. The molecule has 0 aromatic heterocycles. The van der Waals surface area contributed by atoms with Crippen LogP contribution in [0.5, 0.6) is 11.5 Å². The predicted octanol–water partition coefficient (Wildman–Crippen LogP) is 8.13. The molecule has 0 aliphatic heterocycles. The first-order valence-electron chi connectivity index (χ1n) is 12.9. The molecule has 0 bridgehead atoms. The second-order valence-corrected chi connectivity index (χ2v) is 10.0. The molecule has 0 heterocycles. The van der Waals surface area contributed by atoms with Crippen LogP contribution < -0.4 is 9.31 Å². The first kappa shape index (κ1) is 25.8. The summed E-state index contributed by atoms with van der Waals surface area (Å²) in [6.45, 7) is 14.5. The van der Waals surface area contributed by atoms with Gasteiger partial charge in [0.05, 0.1) is 0 Å². The van der Waals surface area contributed by atoms with Gasteiger partial charge in [-0.3, -0.25) is 0 Å². The van der Waals surface area contributed by atoms with Gasteiger partial charge in [-0.05, 0) is 110 Å². The number of hydrogen-bond donors (Lipinski definition) is 1. The van der Waals surface area contributed by atoms with Crippen LogP contribution in [0, 0.1) is 41.5 Å². The van der Waals surface area contributed by atoms with Crippen LogP contribution in [-0.2, 0) is 6.42 Å². The lowest BCUT2D eigenvalue weighted by Crippen LogP contribution is -2.31. The van der Waals surface area contributed by atoms with Crippen LogP contribution in [0.3, 0.4) is 0 Å². The van der Waals surface area contributed by atoms with E-state index in [1.54, 1.807) is 0 Å². The van der Waals surface area contributed by atoms with Gasteiger partial charge in [-0.25, -0.2) is 0 Å². The molecular weight excluding hydrogens is 443 g/mol. The zero-order valence-corrected chi connectivity index (χ0v) is 22.7. The Morgan fingerprint density at radius 2 is 1.39 bits per heavy atom. The summed E-state index contributed by atoms with van der Waals surface area (Å²) in [4.78, 5) is 0. The van der Waals surface area contributed by atoms with Gasteiger partial charge in [-0.2, -0.15) is 0 Å². The summed E-state index contributed by atoms with van der Waals surface area (Å²) in [5.74, 6) is 1.33. The zero-order chi connectivity index (χ0) is 26.0.